The zero-order valence-corrected chi connectivity index (χ0v) is 16.9. The van der Waals surface area contributed by atoms with Crippen molar-refractivity contribution in [1.82, 2.24) is 10.2 Å². The maximum atomic E-state index is 12.4. The van der Waals surface area contributed by atoms with Gasteiger partial charge < -0.3 is 15.0 Å². The Morgan fingerprint density at radius 1 is 1.18 bits per heavy atom. The standard InChI is InChI=1S/C22H26N2O3S/c1-27-15-5-13-23-21(26)18-8-10-19(11-9-18)22-24(20(25)16-28-22)14-12-17-6-3-2-4-7-17/h2-4,6-11,22H,5,12-16H2,1H3,(H,23,26)/t22-/m0/s1. The number of amides is 2. The second-order valence-corrected chi connectivity index (χ2v) is 7.78. The number of benzene rings is 2. The molecule has 1 N–H and O–H groups in total. The minimum atomic E-state index is -0.0845. The first-order chi connectivity index (χ1) is 13.7. The van der Waals surface area contributed by atoms with E-state index in [9.17, 15) is 9.59 Å². The van der Waals surface area contributed by atoms with Crippen LogP contribution in [0.2, 0.25) is 0 Å². The fraction of sp³-hybridized carbons (Fsp3) is 0.364. The summed E-state index contributed by atoms with van der Waals surface area (Å²) in [5, 5.41) is 2.90. The summed E-state index contributed by atoms with van der Waals surface area (Å²) in [7, 11) is 1.65. The van der Waals surface area contributed by atoms with Crippen LogP contribution in [0.25, 0.3) is 0 Å². The topological polar surface area (TPSA) is 58.6 Å². The molecule has 0 bridgehead atoms. The first-order valence-corrected chi connectivity index (χ1v) is 10.6. The van der Waals surface area contributed by atoms with Crippen molar-refractivity contribution in [3.8, 4) is 0 Å². The van der Waals surface area contributed by atoms with Crippen molar-refractivity contribution < 1.29 is 14.3 Å². The Kier molecular flexibility index (Phi) is 7.51. The lowest BCUT2D eigenvalue weighted by Crippen LogP contribution is -2.30. The molecule has 1 saturated heterocycles. The number of carbonyl (C=O) groups excluding carboxylic acids is 2. The molecule has 5 nitrogen and oxygen atoms in total. The van der Waals surface area contributed by atoms with Gasteiger partial charge in [-0.25, -0.2) is 0 Å². The molecule has 0 aromatic heterocycles. The Bertz CT molecular complexity index is 780. The van der Waals surface area contributed by atoms with E-state index in [0.29, 0.717) is 31.0 Å². The first kappa shape index (κ1) is 20.4. The molecule has 1 atom stereocenters. The van der Waals surface area contributed by atoms with Crippen LogP contribution in [0, 0.1) is 0 Å². The van der Waals surface area contributed by atoms with Crippen LogP contribution in [0.3, 0.4) is 0 Å². The van der Waals surface area contributed by atoms with Crippen LogP contribution in [0.15, 0.2) is 54.6 Å². The van der Waals surface area contributed by atoms with Crippen LogP contribution in [0.4, 0.5) is 0 Å². The lowest BCUT2D eigenvalue weighted by atomic mass is 10.1. The molecule has 0 aliphatic carbocycles. The maximum absolute atomic E-state index is 12.4. The molecule has 6 heteroatoms. The van der Waals surface area contributed by atoms with E-state index >= 15 is 0 Å². The third-order valence-corrected chi connectivity index (χ3v) is 5.98. The van der Waals surface area contributed by atoms with Gasteiger partial charge >= 0.3 is 0 Å². The number of ether oxygens (including phenoxy) is 1. The molecule has 3 rings (SSSR count). The second kappa shape index (κ2) is 10.3. The molecule has 2 aromatic rings. The van der Waals surface area contributed by atoms with Gasteiger partial charge in [-0.15, -0.1) is 11.8 Å². The smallest absolute Gasteiger partial charge is 0.251 e. The Hall–Kier alpha value is -2.31. The molecule has 0 saturated carbocycles. The van der Waals surface area contributed by atoms with Gasteiger partial charge in [0.1, 0.15) is 5.37 Å². The highest BCUT2D eigenvalue weighted by molar-refractivity contribution is 8.00. The minimum absolute atomic E-state index is 0.00928. The molecule has 28 heavy (non-hydrogen) atoms. The van der Waals surface area contributed by atoms with Gasteiger partial charge in [0.15, 0.2) is 0 Å². The van der Waals surface area contributed by atoms with Gasteiger partial charge in [0.25, 0.3) is 5.91 Å². The summed E-state index contributed by atoms with van der Waals surface area (Å²) >= 11 is 1.64. The van der Waals surface area contributed by atoms with Crippen molar-refractivity contribution in [2.45, 2.75) is 18.2 Å². The number of carbonyl (C=O) groups is 2. The van der Waals surface area contributed by atoms with E-state index < -0.39 is 0 Å². The van der Waals surface area contributed by atoms with Crippen molar-refractivity contribution in [2.24, 2.45) is 0 Å². The minimum Gasteiger partial charge on any atom is -0.385 e. The van der Waals surface area contributed by atoms with E-state index in [1.165, 1.54) is 5.56 Å². The SMILES string of the molecule is COCCCNC(=O)c1ccc([C@@H]2SCC(=O)N2CCc2ccccc2)cc1. The van der Waals surface area contributed by atoms with Gasteiger partial charge in [-0.1, -0.05) is 42.5 Å². The summed E-state index contributed by atoms with van der Waals surface area (Å²) < 4.78 is 4.98. The van der Waals surface area contributed by atoms with Crippen molar-refractivity contribution in [3.63, 3.8) is 0 Å². The Morgan fingerprint density at radius 2 is 1.93 bits per heavy atom. The third kappa shape index (κ3) is 5.36. The van der Waals surface area contributed by atoms with Crippen molar-refractivity contribution in [3.05, 3.63) is 71.3 Å². The highest BCUT2D eigenvalue weighted by Gasteiger charge is 2.32. The van der Waals surface area contributed by atoms with E-state index in [2.05, 4.69) is 17.4 Å². The molecule has 1 heterocycles. The largest absolute Gasteiger partial charge is 0.385 e. The molecule has 0 spiro atoms. The Labute approximate surface area is 170 Å². The van der Waals surface area contributed by atoms with Gasteiger partial charge in [0, 0.05) is 32.4 Å². The normalized spacial score (nSPS) is 16.4. The average molecular weight is 399 g/mol. The fourth-order valence-electron chi connectivity index (χ4n) is 3.19. The molecular formula is C22H26N2O3S. The molecule has 1 fully saturated rings. The monoisotopic (exact) mass is 398 g/mol. The fourth-order valence-corrected chi connectivity index (χ4v) is 4.40. The van der Waals surface area contributed by atoms with Crippen LogP contribution in [-0.4, -0.2) is 49.3 Å². The summed E-state index contributed by atoms with van der Waals surface area (Å²) in [6.07, 6.45) is 1.63. The van der Waals surface area contributed by atoms with Gasteiger partial charge in [-0.3, -0.25) is 9.59 Å². The van der Waals surface area contributed by atoms with E-state index in [4.69, 9.17) is 4.74 Å². The van der Waals surface area contributed by atoms with Gasteiger partial charge in [-0.2, -0.15) is 0 Å². The first-order valence-electron chi connectivity index (χ1n) is 9.51. The number of nitrogens with zero attached hydrogens (tertiary/aromatic N) is 1. The lowest BCUT2D eigenvalue weighted by Gasteiger charge is -2.24. The predicted octanol–water partition coefficient (Wildman–Crippen LogP) is 3.27. The number of hydrogen-bond acceptors (Lipinski definition) is 4. The average Bonchev–Trinajstić information content (AvgIpc) is 3.11. The van der Waals surface area contributed by atoms with Gasteiger partial charge in [0.05, 0.1) is 5.75 Å². The van der Waals surface area contributed by atoms with Crippen molar-refractivity contribution >= 4 is 23.6 Å². The number of methoxy groups -OCH3 is 1. The number of hydrogen-bond donors (Lipinski definition) is 1. The van der Waals surface area contributed by atoms with Crippen molar-refractivity contribution in [2.75, 3.05) is 32.6 Å². The molecule has 2 amide bonds. The third-order valence-electron chi connectivity index (χ3n) is 4.72. The summed E-state index contributed by atoms with van der Waals surface area (Å²) in [5.41, 5.74) is 2.91. The highest BCUT2D eigenvalue weighted by Crippen LogP contribution is 2.38. The van der Waals surface area contributed by atoms with Crippen molar-refractivity contribution in [1.29, 1.82) is 0 Å². The van der Waals surface area contributed by atoms with Crippen LogP contribution in [0.5, 0.6) is 0 Å². The van der Waals surface area contributed by atoms with Gasteiger partial charge in [-0.05, 0) is 36.1 Å². The summed E-state index contributed by atoms with van der Waals surface area (Å²) in [6.45, 7) is 1.92. The zero-order chi connectivity index (χ0) is 19.8. The van der Waals surface area contributed by atoms with Gasteiger partial charge in [0.2, 0.25) is 5.91 Å². The summed E-state index contributed by atoms with van der Waals surface area (Å²) in [4.78, 5) is 26.5. The maximum Gasteiger partial charge on any atom is 0.251 e. The predicted molar refractivity (Wildman–Crippen MR) is 112 cm³/mol. The molecular weight excluding hydrogens is 372 g/mol. The molecule has 0 radical (unpaired) electrons. The van der Waals surface area contributed by atoms with E-state index in [-0.39, 0.29) is 17.2 Å². The lowest BCUT2D eigenvalue weighted by molar-refractivity contribution is -0.128. The molecule has 0 unspecified atom stereocenters. The summed E-state index contributed by atoms with van der Waals surface area (Å²) in [6, 6.07) is 17.8. The molecule has 1 aliphatic rings. The van der Waals surface area contributed by atoms with Crippen LogP contribution < -0.4 is 5.32 Å². The van der Waals surface area contributed by atoms with Crippen LogP contribution in [-0.2, 0) is 16.0 Å². The molecule has 2 aromatic carbocycles. The quantitative estimate of drug-likeness (QED) is 0.659. The van der Waals surface area contributed by atoms with Crippen LogP contribution >= 0.6 is 11.8 Å². The van der Waals surface area contributed by atoms with Crippen LogP contribution in [0.1, 0.15) is 33.3 Å². The number of nitrogens with one attached hydrogen (secondary N) is 1. The Balaban J connectivity index is 1.60. The number of thioether (sulfide) groups is 1. The summed E-state index contributed by atoms with van der Waals surface area (Å²) in [5.74, 6) is 0.589. The zero-order valence-electron chi connectivity index (χ0n) is 16.1. The second-order valence-electron chi connectivity index (χ2n) is 6.71. The highest BCUT2D eigenvalue weighted by atomic mass is 32.2. The van der Waals surface area contributed by atoms with E-state index in [1.54, 1.807) is 18.9 Å². The molecule has 148 valence electrons. The Morgan fingerprint density at radius 3 is 2.64 bits per heavy atom. The molecule has 1 aliphatic heterocycles. The van der Waals surface area contributed by atoms with E-state index in [0.717, 1.165) is 18.4 Å². The number of rotatable bonds is 9. The van der Waals surface area contributed by atoms with E-state index in [1.807, 2.05) is 47.4 Å².